The lowest BCUT2D eigenvalue weighted by Gasteiger charge is -2.34. The van der Waals surface area contributed by atoms with E-state index in [0.29, 0.717) is 13.0 Å². The lowest BCUT2D eigenvalue weighted by Crippen LogP contribution is -3.16. The molecular formula is C24H33N2O4+. The Morgan fingerprint density at radius 2 is 1.73 bits per heavy atom. The third kappa shape index (κ3) is 5.90. The summed E-state index contributed by atoms with van der Waals surface area (Å²) in [5.74, 6) is 2.44. The normalized spacial score (nSPS) is 15.5. The number of aliphatic hydroxyl groups excluding tert-OH is 1. The summed E-state index contributed by atoms with van der Waals surface area (Å²) in [5, 5.41) is 10.5. The first-order chi connectivity index (χ1) is 14.6. The zero-order chi connectivity index (χ0) is 21.3. The van der Waals surface area contributed by atoms with Crippen molar-refractivity contribution in [1.82, 2.24) is 0 Å². The van der Waals surface area contributed by atoms with Gasteiger partial charge in [-0.1, -0.05) is 6.08 Å². The highest BCUT2D eigenvalue weighted by molar-refractivity contribution is 5.49. The van der Waals surface area contributed by atoms with Crippen LogP contribution >= 0.6 is 0 Å². The minimum absolute atomic E-state index is 0.280. The lowest BCUT2D eigenvalue weighted by atomic mass is 10.1. The van der Waals surface area contributed by atoms with Gasteiger partial charge in [0.2, 0.25) is 0 Å². The molecule has 0 amide bonds. The van der Waals surface area contributed by atoms with Crippen molar-refractivity contribution in [3.63, 3.8) is 0 Å². The maximum Gasteiger partial charge on any atom is 0.137 e. The van der Waals surface area contributed by atoms with Gasteiger partial charge in [-0.3, -0.25) is 0 Å². The molecule has 2 aromatic carbocycles. The van der Waals surface area contributed by atoms with E-state index in [-0.39, 0.29) is 6.61 Å². The van der Waals surface area contributed by atoms with Gasteiger partial charge < -0.3 is 29.1 Å². The van der Waals surface area contributed by atoms with Crippen LogP contribution < -0.4 is 24.0 Å². The molecule has 0 aromatic heterocycles. The Hall–Kier alpha value is -2.70. The Kier molecular flexibility index (Phi) is 7.99. The van der Waals surface area contributed by atoms with Crippen LogP contribution in [0.25, 0.3) is 0 Å². The van der Waals surface area contributed by atoms with Gasteiger partial charge in [-0.2, -0.15) is 0 Å². The Morgan fingerprint density at radius 1 is 1.07 bits per heavy atom. The van der Waals surface area contributed by atoms with Gasteiger partial charge in [-0.25, -0.2) is 0 Å². The van der Waals surface area contributed by atoms with Gasteiger partial charge in [0.15, 0.2) is 0 Å². The summed E-state index contributed by atoms with van der Waals surface area (Å²) in [5.41, 5.74) is 2.23. The van der Waals surface area contributed by atoms with Crippen LogP contribution in [-0.2, 0) is 6.42 Å². The van der Waals surface area contributed by atoms with Crippen molar-refractivity contribution in [3.05, 3.63) is 60.7 Å². The smallest absolute Gasteiger partial charge is 0.137 e. The number of allylic oxidation sites excluding steroid dienone is 1. The molecule has 6 heteroatoms. The second-order valence-electron chi connectivity index (χ2n) is 7.57. The van der Waals surface area contributed by atoms with Crippen molar-refractivity contribution >= 4 is 5.69 Å². The number of piperazine rings is 1. The third-order valence-corrected chi connectivity index (χ3v) is 5.50. The summed E-state index contributed by atoms with van der Waals surface area (Å²) in [4.78, 5) is 3.78. The third-order valence-electron chi connectivity index (χ3n) is 5.50. The van der Waals surface area contributed by atoms with E-state index in [0.717, 1.165) is 49.0 Å². The molecule has 2 aromatic rings. The second kappa shape index (κ2) is 10.9. The Labute approximate surface area is 179 Å². The number of benzene rings is 2. The van der Waals surface area contributed by atoms with Crippen LogP contribution in [0.4, 0.5) is 5.69 Å². The van der Waals surface area contributed by atoms with E-state index in [9.17, 15) is 5.11 Å². The molecule has 0 unspecified atom stereocenters. The van der Waals surface area contributed by atoms with Crippen LogP contribution in [0, 0.1) is 0 Å². The minimum Gasteiger partial charge on any atom is -0.497 e. The van der Waals surface area contributed by atoms with Crippen molar-refractivity contribution in [2.45, 2.75) is 12.5 Å². The maximum absolute atomic E-state index is 10.5. The molecule has 1 aliphatic heterocycles. The summed E-state index contributed by atoms with van der Waals surface area (Å²) in [6.45, 7) is 8.69. The average Bonchev–Trinajstić information content (AvgIpc) is 2.79. The summed E-state index contributed by atoms with van der Waals surface area (Å²) in [7, 11) is 3.33. The van der Waals surface area contributed by atoms with Crippen molar-refractivity contribution in [2.75, 3.05) is 58.5 Å². The molecule has 1 aliphatic rings. The molecule has 0 saturated carbocycles. The Morgan fingerprint density at radius 3 is 2.37 bits per heavy atom. The largest absolute Gasteiger partial charge is 0.497 e. The monoisotopic (exact) mass is 413 g/mol. The summed E-state index contributed by atoms with van der Waals surface area (Å²) in [6, 6.07) is 13.9. The van der Waals surface area contributed by atoms with Crippen LogP contribution in [0.5, 0.6) is 17.2 Å². The standard InChI is InChI=1S/C24H32N2O4/c1-4-5-19-16-23(29-3)10-11-24(19)30-18-21(27)17-25-12-14-26(15-13-25)20-6-8-22(28-2)9-7-20/h4,6-11,16,21,27H,1,5,12-15,17-18H2,2-3H3/p+1/t21-/m0/s1. The highest BCUT2D eigenvalue weighted by atomic mass is 16.5. The lowest BCUT2D eigenvalue weighted by molar-refractivity contribution is -0.903. The molecule has 1 fully saturated rings. The van der Waals surface area contributed by atoms with E-state index in [1.54, 1.807) is 14.2 Å². The first kappa shape index (κ1) is 22.0. The molecule has 6 nitrogen and oxygen atoms in total. The van der Waals surface area contributed by atoms with Gasteiger partial charge >= 0.3 is 0 Å². The number of anilines is 1. The number of nitrogens with zero attached hydrogens (tertiary/aromatic N) is 1. The molecule has 0 spiro atoms. The molecule has 30 heavy (non-hydrogen) atoms. The average molecular weight is 414 g/mol. The van der Waals surface area contributed by atoms with Crippen LogP contribution in [0.15, 0.2) is 55.1 Å². The van der Waals surface area contributed by atoms with Gasteiger partial charge in [0.1, 0.15) is 36.5 Å². The van der Waals surface area contributed by atoms with Crippen molar-refractivity contribution in [1.29, 1.82) is 0 Å². The van der Waals surface area contributed by atoms with Crippen LogP contribution in [-0.4, -0.2) is 64.8 Å². The topological polar surface area (TPSA) is 55.6 Å². The van der Waals surface area contributed by atoms with Crippen LogP contribution in [0.1, 0.15) is 5.56 Å². The van der Waals surface area contributed by atoms with Crippen molar-refractivity contribution in [2.24, 2.45) is 0 Å². The summed E-state index contributed by atoms with van der Waals surface area (Å²) in [6.07, 6.45) is 2.03. The highest BCUT2D eigenvalue weighted by Crippen LogP contribution is 2.25. The number of hydrogen-bond donors (Lipinski definition) is 2. The van der Waals surface area contributed by atoms with Gasteiger partial charge in [0.25, 0.3) is 0 Å². The van der Waals surface area contributed by atoms with Gasteiger partial charge in [-0.05, 0) is 48.9 Å². The van der Waals surface area contributed by atoms with E-state index in [2.05, 4.69) is 23.6 Å². The van der Waals surface area contributed by atoms with E-state index >= 15 is 0 Å². The predicted octanol–water partition coefficient (Wildman–Crippen LogP) is 1.58. The van der Waals surface area contributed by atoms with Gasteiger partial charge in [-0.15, -0.1) is 6.58 Å². The number of hydrogen-bond acceptors (Lipinski definition) is 5. The number of aliphatic hydroxyl groups is 1. The fourth-order valence-corrected chi connectivity index (χ4v) is 3.80. The summed E-state index contributed by atoms with van der Waals surface area (Å²) >= 11 is 0. The summed E-state index contributed by atoms with van der Waals surface area (Å²) < 4.78 is 16.4. The number of ether oxygens (including phenoxy) is 3. The molecule has 0 bridgehead atoms. The Bertz CT molecular complexity index is 801. The van der Waals surface area contributed by atoms with E-state index in [1.807, 2.05) is 36.4 Å². The molecule has 1 heterocycles. The van der Waals surface area contributed by atoms with Crippen LogP contribution in [0.3, 0.4) is 0 Å². The number of rotatable bonds is 10. The van der Waals surface area contributed by atoms with Crippen molar-refractivity contribution in [3.8, 4) is 17.2 Å². The fourth-order valence-electron chi connectivity index (χ4n) is 3.80. The predicted molar refractivity (Wildman–Crippen MR) is 119 cm³/mol. The van der Waals surface area contributed by atoms with E-state index < -0.39 is 6.10 Å². The minimum atomic E-state index is -0.508. The number of quaternary nitrogens is 1. The maximum atomic E-state index is 10.5. The van der Waals surface area contributed by atoms with Gasteiger partial charge in [0, 0.05) is 11.3 Å². The first-order valence-corrected chi connectivity index (χ1v) is 10.4. The molecule has 0 radical (unpaired) electrons. The quantitative estimate of drug-likeness (QED) is 0.580. The van der Waals surface area contributed by atoms with Crippen LogP contribution in [0.2, 0.25) is 0 Å². The molecule has 1 saturated heterocycles. The highest BCUT2D eigenvalue weighted by Gasteiger charge is 2.23. The van der Waals surface area contributed by atoms with Crippen molar-refractivity contribution < 1.29 is 24.2 Å². The van der Waals surface area contributed by atoms with E-state index in [4.69, 9.17) is 14.2 Å². The fraction of sp³-hybridized carbons (Fsp3) is 0.417. The van der Waals surface area contributed by atoms with Gasteiger partial charge in [0.05, 0.1) is 40.4 Å². The molecule has 1 atom stereocenters. The Balaban J connectivity index is 1.46. The molecule has 0 aliphatic carbocycles. The first-order valence-electron chi connectivity index (χ1n) is 10.4. The SMILES string of the molecule is C=CCc1cc(OC)ccc1OC[C@@H](O)C[NH+]1CCN(c2ccc(OC)cc2)CC1. The molecular weight excluding hydrogens is 380 g/mol. The molecule has 2 N–H and O–H groups in total. The zero-order valence-corrected chi connectivity index (χ0v) is 18.0. The molecule has 3 rings (SSSR count). The van der Waals surface area contributed by atoms with E-state index in [1.165, 1.54) is 10.6 Å². The number of nitrogens with one attached hydrogen (secondary N) is 1. The molecule has 162 valence electrons. The second-order valence-corrected chi connectivity index (χ2v) is 7.57. The number of methoxy groups -OCH3 is 2. The zero-order valence-electron chi connectivity index (χ0n) is 18.0.